The zero-order valence-corrected chi connectivity index (χ0v) is 26.5. The summed E-state index contributed by atoms with van der Waals surface area (Å²) < 4.78 is 49.4. The van der Waals surface area contributed by atoms with E-state index in [1.807, 2.05) is 44.2 Å². The highest BCUT2D eigenvalue weighted by Gasteiger charge is 2.35. The Bertz CT molecular complexity index is 1680. The third-order valence-electron chi connectivity index (χ3n) is 7.37. The second kappa shape index (κ2) is 15.3. The van der Waals surface area contributed by atoms with E-state index in [4.69, 9.17) is 4.74 Å². The Hall–Kier alpha value is -4.70. The van der Waals surface area contributed by atoms with Crippen LogP contribution in [0.1, 0.15) is 30.0 Å². The Morgan fingerprint density at radius 2 is 1.53 bits per heavy atom. The molecule has 0 fully saturated rings. The number of carbonyl (C=O) groups is 2. The number of carbonyl (C=O) groups excluding carboxylic acids is 2. The molecule has 1 unspecified atom stereocenters. The van der Waals surface area contributed by atoms with E-state index in [9.17, 15) is 22.4 Å². The number of sulfonamides is 1. The molecule has 4 rings (SSSR count). The Morgan fingerprint density at radius 1 is 0.889 bits per heavy atom. The van der Waals surface area contributed by atoms with Crippen LogP contribution in [0, 0.1) is 12.7 Å². The normalized spacial score (nSPS) is 11.8. The van der Waals surface area contributed by atoms with Gasteiger partial charge in [0, 0.05) is 25.1 Å². The van der Waals surface area contributed by atoms with Gasteiger partial charge in [-0.25, -0.2) is 12.8 Å². The number of nitrogens with one attached hydrogen (secondary N) is 1. The number of methoxy groups -OCH3 is 1. The molecule has 4 aromatic rings. The SMILES string of the molecule is CCCNC(=O)C(Cc1ccccc1)N(Cc1ccccc1F)C(=O)CN(c1ccc(C)cc1)S(=O)(=O)c1ccc(OC)cc1. The van der Waals surface area contributed by atoms with Crippen molar-refractivity contribution in [3.05, 3.63) is 126 Å². The lowest BCUT2D eigenvalue weighted by Gasteiger charge is -2.34. The lowest BCUT2D eigenvalue weighted by Crippen LogP contribution is -2.53. The molecule has 0 aliphatic carbocycles. The third-order valence-corrected chi connectivity index (χ3v) is 9.16. The highest BCUT2D eigenvalue weighted by Crippen LogP contribution is 2.27. The molecule has 45 heavy (non-hydrogen) atoms. The van der Waals surface area contributed by atoms with E-state index in [0.717, 1.165) is 15.4 Å². The molecule has 0 aliphatic rings. The van der Waals surface area contributed by atoms with Crippen LogP contribution >= 0.6 is 0 Å². The number of nitrogens with zero attached hydrogens (tertiary/aromatic N) is 2. The molecule has 10 heteroatoms. The molecule has 0 saturated carbocycles. The van der Waals surface area contributed by atoms with E-state index in [2.05, 4.69) is 5.32 Å². The van der Waals surface area contributed by atoms with E-state index in [1.54, 1.807) is 42.5 Å². The fourth-order valence-corrected chi connectivity index (χ4v) is 6.26. The van der Waals surface area contributed by atoms with Crippen LogP contribution in [0.5, 0.6) is 5.75 Å². The summed E-state index contributed by atoms with van der Waals surface area (Å²) in [5, 5.41) is 2.88. The average molecular weight is 632 g/mol. The van der Waals surface area contributed by atoms with Crippen LogP contribution < -0.4 is 14.4 Å². The van der Waals surface area contributed by atoms with E-state index in [1.165, 1.54) is 42.3 Å². The maximum Gasteiger partial charge on any atom is 0.264 e. The highest BCUT2D eigenvalue weighted by molar-refractivity contribution is 7.92. The first-order valence-corrected chi connectivity index (χ1v) is 16.2. The molecule has 4 aromatic carbocycles. The first-order valence-electron chi connectivity index (χ1n) is 14.7. The Labute approximate surface area is 264 Å². The van der Waals surface area contributed by atoms with Crippen LogP contribution in [-0.2, 0) is 32.6 Å². The smallest absolute Gasteiger partial charge is 0.264 e. The molecule has 8 nitrogen and oxygen atoms in total. The van der Waals surface area contributed by atoms with Crippen molar-refractivity contribution in [2.24, 2.45) is 0 Å². The van der Waals surface area contributed by atoms with Gasteiger partial charge in [-0.3, -0.25) is 13.9 Å². The summed E-state index contributed by atoms with van der Waals surface area (Å²) in [7, 11) is -2.79. The lowest BCUT2D eigenvalue weighted by molar-refractivity contribution is -0.140. The summed E-state index contributed by atoms with van der Waals surface area (Å²) in [5.41, 5.74) is 2.17. The lowest BCUT2D eigenvalue weighted by atomic mass is 10.0. The average Bonchev–Trinajstić information content (AvgIpc) is 3.05. The van der Waals surface area contributed by atoms with Crippen LogP contribution in [0.15, 0.2) is 108 Å². The highest BCUT2D eigenvalue weighted by atomic mass is 32.2. The van der Waals surface area contributed by atoms with Gasteiger partial charge < -0.3 is 15.0 Å². The molecular weight excluding hydrogens is 593 g/mol. The van der Waals surface area contributed by atoms with Crippen molar-refractivity contribution in [1.82, 2.24) is 10.2 Å². The summed E-state index contributed by atoms with van der Waals surface area (Å²) in [5.74, 6) is -1.14. The molecule has 0 saturated heterocycles. The van der Waals surface area contributed by atoms with Crippen molar-refractivity contribution < 1.29 is 27.1 Å². The number of aryl methyl sites for hydroxylation is 1. The summed E-state index contributed by atoms with van der Waals surface area (Å²) in [4.78, 5) is 29.3. The maximum atomic E-state index is 15.0. The number of amides is 2. The minimum atomic E-state index is -4.26. The van der Waals surface area contributed by atoms with Crippen molar-refractivity contribution in [2.75, 3.05) is 24.5 Å². The molecule has 0 aliphatic heterocycles. The van der Waals surface area contributed by atoms with Gasteiger partial charge in [-0.1, -0.05) is 73.2 Å². The van der Waals surface area contributed by atoms with Gasteiger partial charge in [0.15, 0.2) is 0 Å². The molecule has 1 N–H and O–H groups in total. The second-order valence-electron chi connectivity index (χ2n) is 10.6. The molecule has 236 valence electrons. The second-order valence-corrected chi connectivity index (χ2v) is 12.5. The van der Waals surface area contributed by atoms with E-state index in [-0.39, 0.29) is 29.1 Å². The quantitative estimate of drug-likeness (QED) is 0.198. The van der Waals surface area contributed by atoms with Crippen LogP contribution in [0.2, 0.25) is 0 Å². The fraction of sp³-hybridized carbons (Fsp3) is 0.257. The van der Waals surface area contributed by atoms with E-state index >= 15 is 0 Å². The van der Waals surface area contributed by atoms with Gasteiger partial charge in [0.2, 0.25) is 11.8 Å². The van der Waals surface area contributed by atoms with Crippen molar-refractivity contribution in [3.63, 3.8) is 0 Å². The van der Waals surface area contributed by atoms with Crippen LogP contribution in [0.4, 0.5) is 10.1 Å². The standard InChI is InChI=1S/C35H38FN3O5S/c1-4-22-37-35(41)33(23-27-10-6-5-7-11-27)38(24-28-12-8-9-13-32(28)36)34(40)25-39(29-16-14-26(2)15-17-29)45(42,43)31-20-18-30(44-3)19-21-31/h5-21,33H,4,22-25H2,1-3H3,(H,37,41). The predicted molar refractivity (Wildman–Crippen MR) is 173 cm³/mol. The fourth-order valence-electron chi connectivity index (χ4n) is 4.84. The monoisotopic (exact) mass is 631 g/mol. The number of halogens is 1. The topological polar surface area (TPSA) is 96.0 Å². The summed E-state index contributed by atoms with van der Waals surface area (Å²) in [6.07, 6.45) is 0.818. The number of hydrogen-bond donors (Lipinski definition) is 1. The predicted octanol–water partition coefficient (Wildman–Crippen LogP) is 5.50. The Balaban J connectivity index is 1.80. The maximum absolute atomic E-state index is 15.0. The summed E-state index contributed by atoms with van der Waals surface area (Å²) >= 11 is 0. The molecular formula is C35H38FN3O5S. The minimum absolute atomic E-state index is 0.0427. The molecule has 1 atom stereocenters. The van der Waals surface area contributed by atoms with Gasteiger partial charge in [0.1, 0.15) is 24.2 Å². The Morgan fingerprint density at radius 3 is 2.16 bits per heavy atom. The van der Waals surface area contributed by atoms with Gasteiger partial charge in [-0.15, -0.1) is 0 Å². The van der Waals surface area contributed by atoms with E-state index in [0.29, 0.717) is 18.7 Å². The molecule has 0 bridgehead atoms. The zero-order chi connectivity index (χ0) is 32.4. The molecule has 0 radical (unpaired) electrons. The van der Waals surface area contributed by atoms with Gasteiger partial charge in [0.05, 0.1) is 17.7 Å². The van der Waals surface area contributed by atoms with Gasteiger partial charge in [0.25, 0.3) is 10.0 Å². The molecule has 0 heterocycles. The first-order chi connectivity index (χ1) is 21.6. The summed E-state index contributed by atoms with van der Waals surface area (Å²) in [6.45, 7) is 3.30. The van der Waals surface area contributed by atoms with Crippen molar-refractivity contribution >= 4 is 27.5 Å². The number of anilines is 1. The van der Waals surface area contributed by atoms with Crippen molar-refractivity contribution in [1.29, 1.82) is 0 Å². The summed E-state index contributed by atoms with van der Waals surface area (Å²) in [6, 6.07) is 26.8. The van der Waals surface area contributed by atoms with Gasteiger partial charge >= 0.3 is 0 Å². The number of ether oxygens (including phenoxy) is 1. The molecule has 0 spiro atoms. The Kier molecular flexibility index (Phi) is 11.3. The van der Waals surface area contributed by atoms with Crippen molar-refractivity contribution in [3.8, 4) is 5.75 Å². The third kappa shape index (κ3) is 8.48. The van der Waals surface area contributed by atoms with Gasteiger partial charge in [-0.2, -0.15) is 0 Å². The number of benzene rings is 4. The number of hydrogen-bond acceptors (Lipinski definition) is 5. The largest absolute Gasteiger partial charge is 0.497 e. The van der Waals surface area contributed by atoms with Gasteiger partial charge in [-0.05, 0) is 61.4 Å². The van der Waals surface area contributed by atoms with Crippen molar-refractivity contribution in [2.45, 2.75) is 44.2 Å². The van der Waals surface area contributed by atoms with Crippen LogP contribution in [-0.4, -0.2) is 51.4 Å². The zero-order valence-electron chi connectivity index (χ0n) is 25.6. The van der Waals surface area contributed by atoms with E-state index < -0.39 is 40.2 Å². The minimum Gasteiger partial charge on any atom is -0.497 e. The molecule has 2 amide bonds. The van der Waals surface area contributed by atoms with Crippen LogP contribution in [0.3, 0.4) is 0 Å². The molecule has 0 aromatic heterocycles. The number of rotatable bonds is 14. The first kappa shape index (κ1) is 33.2. The van der Waals surface area contributed by atoms with Crippen LogP contribution in [0.25, 0.3) is 0 Å².